The summed E-state index contributed by atoms with van der Waals surface area (Å²) in [5, 5.41) is 5.38. The van der Waals surface area contributed by atoms with Crippen LogP contribution in [0.3, 0.4) is 0 Å². The summed E-state index contributed by atoms with van der Waals surface area (Å²) in [4.78, 5) is 24.0. The van der Waals surface area contributed by atoms with E-state index in [9.17, 15) is 22.8 Å². The largest absolute Gasteiger partial charge is 0.461 e. The number of ketones is 1. The maximum absolute atomic E-state index is 13.3. The van der Waals surface area contributed by atoms with Crippen LogP contribution in [0.4, 0.5) is 13.2 Å². The molecule has 0 aliphatic heterocycles. The zero-order valence-corrected chi connectivity index (χ0v) is 12.3. The van der Waals surface area contributed by atoms with Crippen molar-refractivity contribution in [3.05, 3.63) is 52.3 Å². The fourth-order valence-electron chi connectivity index (χ4n) is 2.09. The van der Waals surface area contributed by atoms with E-state index in [0.29, 0.717) is 5.56 Å². The number of rotatable bonds is 4. The number of benzene rings is 1. The van der Waals surface area contributed by atoms with Gasteiger partial charge in [-0.05, 0) is 19.4 Å². The summed E-state index contributed by atoms with van der Waals surface area (Å²) < 4.78 is 44.5. The Balaban J connectivity index is 2.58. The molecule has 0 amide bonds. The average Bonchev–Trinajstić information content (AvgIpc) is 2.92. The number of aryl methyl sites for hydroxylation is 1. The van der Waals surface area contributed by atoms with Crippen molar-refractivity contribution in [1.82, 2.24) is 10.2 Å². The van der Waals surface area contributed by atoms with Gasteiger partial charge < -0.3 is 4.74 Å². The van der Waals surface area contributed by atoms with Crippen LogP contribution in [0.2, 0.25) is 0 Å². The molecule has 1 heterocycles. The van der Waals surface area contributed by atoms with E-state index in [2.05, 4.69) is 9.84 Å². The van der Waals surface area contributed by atoms with Crippen molar-refractivity contribution in [2.45, 2.75) is 20.0 Å². The van der Waals surface area contributed by atoms with Crippen LogP contribution < -0.4 is 0 Å². The molecule has 0 saturated heterocycles. The first-order chi connectivity index (χ1) is 10.8. The second-order valence-electron chi connectivity index (χ2n) is 4.68. The number of hydrogen-bond acceptors (Lipinski definition) is 4. The quantitative estimate of drug-likeness (QED) is 0.692. The Hall–Kier alpha value is -2.64. The van der Waals surface area contributed by atoms with Gasteiger partial charge in [-0.3, -0.25) is 9.89 Å². The number of esters is 1. The number of ether oxygens (including phenoxy) is 1. The van der Waals surface area contributed by atoms with Gasteiger partial charge >= 0.3 is 12.1 Å². The Bertz CT molecular complexity index is 751. The van der Waals surface area contributed by atoms with E-state index in [1.807, 2.05) is 5.10 Å². The highest BCUT2D eigenvalue weighted by atomic mass is 19.4. The second-order valence-corrected chi connectivity index (χ2v) is 4.68. The third-order valence-corrected chi connectivity index (χ3v) is 3.13. The topological polar surface area (TPSA) is 72.1 Å². The molecule has 122 valence electrons. The van der Waals surface area contributed by atoms with E-state index < -0.39 is 34.9 Å². The molecule has 0 radical (unpaired) electrons. The van der Waals surface area contributed by atoms with E-state index in [-0.39, 0.29) is 12.2 Å². The van der Waals surface area contributed by atoms with E-state index in [4.69, 9.17) is 0 Å². The van der Waals surface area contributed by atoms with Crippen LogP contribution in [-0.2, 0) is 10.9 Å². The Morgan fingerprint density at radius 1 is 1.26 bits per heavy atom. The number of aromatic amines is 1. The summed E-state index contributed by atoms with van der Waals surface area (Å²) in [5.41, 5.74) is -2.55. The monoisotopic (exact) mass is 326 g/mol. The summed E-state index contributed by atoms with van der Waals surface area (Å²) in [6.07, 6.45) is -4.93. The number of nitrogens with zero attached hydrogens (tertiary/aromatic N) is 1. The van der Waals surface area contributed by atoms with Gasteiger partial charge in [-0.2, -0.15) is 18.3 Å². The van der Waals surface area contributed by atoms with Crippen LogP contribution in [0.5, 0.6) is 0 Å². The Kier molecular flexibility index (Phi) is 4.53. The number of nitrogens with one attached hydrogen (secondary N) is 1. The molecule has 8 heteroatoms. The van der Waals surface area contributed by atoms with Gasteiger partial charge in [0.1, 0.15) is 11.3 Å². The van der Waals surface area contributed by atoms with Gasteiger partial charge in [-0.1, -0.05) is 24.3 Å². The van der Waals surface area contributed by atoms with Crippen molar-refractivity contribution in [2.24, 2.45) is 0 Å². The van der Waals surface area contributed by atoms with E-state index in [1.165, 1.54) is 19.1 Å². The van der Waals surface area contributed by atoms with Crippen molar-refractivity contribution < 1.29 is 27.5 Å². The minimum Gasteiger partial charge on any atom is -0.461 e. The molecule has 23 heavy (non-hydrogen) atoms. The Labute approximate surface area is 129 Å². The smallest absolute Gasteiger partial charge is 0.421 e. The zero-order valence-electron chi connectivity index (χ0n) is 12.3. The molecule has 1 aromatic carbocycles. The minimum atomic E-state index is -4.93. The summed E-state index contributed by atoms with van der Waals surface area (Å²) >= 11 is 0. The molecular weight excluding hydrogens is 313 g/mol. The first kappa shape index (κ1) is 16.7. The molecule has 0 aliphatic carbocycles. The SMILES string of the molecule is CCOC(=O)c1[nH]nc(C(=O)c2ccccc2C)c1C(F)(F)F. The minimum absolute atomic E-state index is 0.0832. The first-order valence-corrected chi connectivity index (χ1v) is 6.70. The average molecular weight is 326 g/mol. The molecule has 0 bridgehead atoms. The van der Waals surface area contributed by atoms with E-state index >= 15 is 0 Å². The maximum Gasteiger partial charge on any atom is 0.421 e. The third kappa shape index (κ3) is 3.25. The van der Waals surface area contributed by atoms with Crippen molar-refractivity contribution in [2.75, 3.05) is 6.61 Å². The van der Waals surface area contributed by atoms with Crippen molar-refractivity contribution >= 4 is 11.8 Å². The van der Waals surface area contributed by atoms with Crippen molar-refractivity contribution in [1.29, 1.82) is 0 Å². The second kappa shape index (κ2) is 6.23. The normalized spacial score (nSPS) is 11.3. The predicted molar refractivity (Wildman–Crippen MR) is 74.2 cm³/mol. The molecule has 0 saturated carbocycles. The van der Waals surface area contributed by atoms with Crippen LogP contribution in [0.25, 0.3) is 0 Å². The third-order valence-electron chi connectivity index (χ3n) is 3.13. The predicted octanol–water partition coefficient (Wildman–Crippen LogP) is 3.14. The maximum atomic E-state index is 13.3. The number of halogens is 3. The van der Waals surface area contributed by atoms with Crippen LogP contribution in [-0.4, -0.2) is 28.6 Å². The summed E-state index contributed by atoms with van der Waals surface area (Å²) in [6.45, 7) is 2.95. The summed E-state index contributed by atoms with van der Waals surface area (Å²) in [5.74, 6) is -2.13. The Morgan fingerprint density at radius 3 is 2.48 bits per heavy atom. The zero-order chi connectivity index (χ0) is 17.2. The van der Waals surface area contributed by atoms with Gasteiger partial charge in [0.25, 0.3) is 0 Å². The molecule has 5 nitrogen and oxygen atoms in total. The van der Waals surface area contributed by atoms with Gasteiger partial charge in [0, 0.05) is 5.56 Å². The highest BCUT2D eigenvalue weighted by Crippen LogP contribution is 2.35. The van der Waals surface area contributed by atoms with Gasteiger partial charge in [-0.15, -0.1) is 0 Å². The lowest BCUT2D eigenvalue weighted by Gasteiger charge is -2.09. The van der Waals surface area contributed by atoms with E-state index in [1.54, 1.807) is 19.1 Å². The molecule has 0 atom stereocenters. The first-order valence-electron chi connectivity index (χ1n) is 6.70. The molecule has 2 aromatic rings. The van der Waals surface area contributed by atoms with Gasteiger partial charge in [0.2, 0.25) is 5.78 Å². The molecule has 1 N–H and O–H groups in total. The molecule has 0 fully saturated rings. The molecular formula is C15H13F3N2O3. The van der Waals surface area contributed by atoms with Gasteiger partial charge in [0.15, 0.2) is 5.69 Å². The molecule has 1 aromatic heterocycles. The van der Waals surface area contributed by atoms with Crippen LogP contribution >= 0.6 is 0 Å². The number of alkyl halides is 3. The molecule has 2 rings (SSSR count). The summed E-state index contributed by atoms with van der Waals surface area (Å²) in [7, 11) is 0. The van der Waals surface area contributed by atoms with Gasteiger partial charge in [-0.25, -0.2) is 4.79 Å². The number of hydrogen-bond donors (Lipinski definition) is 1. The highest BCUT2D eigenvalue weighted by molar-refractivity contribution is 6.10. The lowest BCUT2D eigenvalue weighted by Crippen LogP contribution is -2.18. The van der Waals surface area contributed by atoms with Crippen molar-refractivity contribution in [3.8, 4) is 0 Å². The lowest BCUT2D eigenvalue weighted by atomic mass is 9.99. The van der Waals surface area contributed by atoms with Crippen molar-refractivity contribution in [3.63, 3.8) is 0 Å². The lowest BCUT2D eigenvalue weighted by molar-refractivity contribution is -0.138. The van der Waals surface area contributed by atoms with Crippen LogP contribution in [0, 0.1) is 6.92 Å². The van der Waals surface area contributed by atoms with Gasteiger partial charge in [0.05, 0.1) is 6.61 Å². The fourth-order valence-corrected chi connectivity index (χ4v) is 2.09. The number of aromatic nitrogens is 2. The highest BCUT2D eigenvalue weighted by Gasteiger charge is 2.43. The molecule has 0 aliphatic rings. The Morgan fingerprint density at radius 2 is 1.91 bits per heavy atom. The molecule has 0 unspecified atom stereocenters. The molecule has 0 spiro atoms. The van der Waals surface area contributed by atoms with Crippen LogP contribution in [0.1, 0.15) is 44.6 Å². The van der Waals surface area contributed by atoms with Crippen LogP contribution in [0.15, 0.2) is 24.3 Å². The fraction of sp³-hybridized carbons (Fsp3) is 0.267. The van der Waals surface area contributed by atoms with E-state index in [0.717, 1.165) is 0 Å². The number of carbonyl (C=O) groups excluding carboxylic acids is 2. The number of carbonyl (C=O) groups is 2. The standard InChI is InChI=1S/C15H13F3N2O3/c1-3-23-14(22)12-10(15(16,17)18)11(19-20-12)13(21)9-7-5-4-6-8(9)2/h4-7H,3H2,1-2H3,(H,19,20). The summed E-state index contributed by atoms with van der Waals surface area (Å²) in [6, 6.07) is 6.19. The number of H-pyrrole nitrogens is 1.